The van der Waals surface area contributed by atoms with Crippen LogP contribution in [0.25, 0.3) is 11.3 Å². The molecule has 2 unspecified atom stereocenters. The molecule has 27 heavy (non-hydrogen) atoms. The third-order valence-corrected chi connectivity index (χ3v) is 7.10. The van der Waals surface area contributed by atoms with Gasteiger partial charge in [0.15, 0.2) is 5.13 Å². The molecule has 2 atom stereocenters. The van der Waals surface area contributed by atoms with Crippen molar-refractivity contribution in [3.63, 3.8) is 0 Å². The maximum atomic E-state index is 12.7. The summed E-state index contributed by atoms with van der Waals surface area (Å²) >= 11 is 2.88. The smallest absolute Gasteiger partial charge is 0.270 e. The van der Waals surface area contributed by atoms with Crippen molar-refractivity contribution in [2.24, 2.45) is 0 Å². The van der Waals surface area contributed by atoms with Gasteiger partial charge in [-0.3, -0.25) is 19.7 Å². The molecule has 1 N–H and O–H groups in total. The fourth-order valence-corrected chi connectivity index (χ4v) is 5.60. The quantitative estimate of drug-likeness (QED) is 0.620. The van der Waals surface area contributed by atoms with Crippen molar-refractivity contribution in [1.29, 1.82) is 0 Å². The molecule has 0 bridgehead atoms. The first-order valence-corrected chi connectivity index (χ1v) is 10.2. The average Bonchev–Trinajstić information content (AvgIpc) is 3.31. The summed E-state index contributed by atoms with van der Waals surface area (Å²) in [6, 6.07) is 5.69. The highest BCUT2D eigenvalue weighted by molar-refractivity contribution is 8.01. The molecule has 0 aliphatic carbocycles. The number of carbonyl (C=O) groups excluding carboxylic acids is 2. The number of non-ortho nitro benzene ring substituents is 1. The molecule has 3 heterocycles. The Morgan fingerprint density at radius 1 is 1.48 bits per heavy atom. The Morgan fingerprint density at radius 3 is 3.07 bits per heavy atom. The van der Waals surface area contributed by atoms with Gasteiger partial charge in [0.05, 0.1) is 15.5 Å². The lowest BCUT2D eigenvalue weighted by Gasteiger charge is -2.29. The highest BCUT2D eigenvalue weighted by Crippen LogP contribution is 2.47. The van der Waals surface area contributed by atoms with Crippen molar-refractivity contribution in [3.8, 4) is 11.3 Å². The summed E-state index contributed by atoms with van der Waals surface area (Å²) in [7, 11) is 0. The van der Waals surface area contributed by atoms with Crippen molar-refractivity contribution < 1.29 is 14.5 Å². The van der Waals surface area contributed by atoms with Crippen LogP contribution >= 0.6 is 23.1 Å². The van der Waals surface area contributed by atoms with Crippen LogP contribution in [0.4, 0.5) is 10.8 Å². The van der Waals surface area contributed by atoms with E-state index in [1.165, 1.54) is 23.5 Å². The number of aromatic nitrogens is 1. The molecular weight excluding hydrogens is 388 g/mol. The van der Waals surface area contributed by atoms with E-state index in [0.717, 1.165) is 6.42 Å². The first kappa shape index (κ1) is 17.9. The molecule has 8 nitrogen and oxygen atoms in total. The van der Waals surface area contributed by atoms with Gasteiger partial charge in [0, 0.05) is 35.2 Å². The third-order valence-electron chi connectivity index (χ3n) is 4.83. The minimum absolute atomic E-state index is 0.0130. The fourth-order valence-electron chi connectivity index (χ4n) is 3.45. The minimum atomic E-state index is -0.500. The number of thioether (sulfide) groups is 1. The largest absolute Gasteiger partial charge is 0.315 e. The Labute approximate surface area is 163 Å². The van der Waals surface area contributed by atoms with Gasteiger partial charge in [0.1, 0.15) is 6.04 Å². The Hall–Kier alpha value is -2.46. The van der Waals surface area contributed by atoms with E-state index >= 15 is 0 Å². The summed E-state index contributed by atoms with van der Waals surface area (Å²) in [6.07, 6.45) is 1.23. The van der Waals surface area contributed by atoms with Crippen LogP contribution in [0.2, 0.25) is 0 Å². The molecule has 2 fully saturated rings. The summed E-state index contributed by atoms with van der Waals surface area (Å²) in [6.45, 7) is 2.00. The van der Waals surface area contributed by atoms with Gasteiger partial charge in [0.25, 0.3) is 5.69 Å². The number of thiazole rings is 1. The molecular formula is C17H16N4O4S2. The number of carbonyl (C=O) groups is 2. The highest BCUT2D eigenvalue weighted by Gasteiger charge is 2.52. The Bertz CT molecular complexity index is 947. The van der Waals surface area contributed by atoms with Crippen molar-refractivity contribution in [2.75, 3.05) is 11.1 Å². The number of fused-ring (bicyclic) bond motifs is 1. The van der Waals surface area contributed by atoms with Gasteiger partial charge in [-0.25, -0.2) is 4.98 Å². The first-order valence-electron chi connectivity index (χ1n) is 8.35. The highest BCUT2D eigenvalue weighted by atomic mass is 32.2. The van der Waals surface area contributed by atoms with E-state index < -0.39 is 11.0 Å². The van der Waals surface area contributed by atoms with E-state index in [0.29, 0.717) is 28.6 Å². The topological polar surface area (TPSA) is 105 Å². The monoisotopic (exact) mass is 404 g/mol. The van der Waals surface area contributed by atoms with E-state index in [9.17, 15) is 19.7 Å². The van der Waals surface area contributed by atoms with E-state index in [4.69, 9.17) is 0 Å². The summed E-state index contributed by atoms with van der Waals surface area (Å²) in [4.78, 5) is 41.1. The second-order valence-corrected chi connectivity index (χ2v) is 8.96. The van der Waals surface area contributed by atoms with Gasteiger partial charge in [-0.15, -0.1) is 23.1 Å². The van der Waals surface area contributed by atoms with E-state index in [2.05, 4.69) is 10.3 Å². The van der Waals surface area contributed by atoms with Crippen LogP contribution in [0.15, 0.2) is 29.6 Å². The molecule has 2 aliphatic heterocycles. The zero-order chi connectivity index (χ0) is 19.2. The maximum Gasteiger partial charge on any atom is 0.270 e. The van der Waals surface area contributed by atoms with Gasteiger partial charge >= 0.3 is 0 Å². The number of nitro groups is 1. The zero-order valence-corrected chi connectivity index (χ0v) is 16.0. The molecule has 4 rings (SSSR count). The number of amides is 2. The van der Waals surface area contributed by atoms with Crippen LogP contribution in [0.5, 0.6) is 0 Å². The Kier molecular flexibility index (Phi) is 4.39. The number of nitro benzene ring substituents is 1. The number of benzene rings is 1. The van der Waals surface area contributed by atoms with Gasteiger partial charge < -0.3 is 10.2 Å². The van der Waals surface area contributed by atoms with E-state index in [-0.39, 0.29) is 22.4 Å². The van der Waals surface area contributed by atoms with Gasteiger partial charge in [-0.2, -0.15) is 0 Å². The molecule has 1 aromatic carbocycles. The van der Waals surface area contributed by atoms with Crippen molar-refractivity contribution >= 4 is 45.7 Å². The van der Waals surface area contributed by atoms with Crippen LogP contribution in [0, 0.1) is 10.1 Å². The van der Waals surface area contributed by atoms with Crippen molar-refractivity contribution in [3.05, 3.63) is 39.8 Å². The number of nitrogens with zero attached hydrogens (tertiary/aromatic N) is 3. The predicted molar refractivity (Wildman–Crippen MR) is 104 cm³/mol. The summed E-state index contributed by atoms with van der Waals surface area (Å²) in [5, 5.41) is 15.9. The molecule has 0 saturated carbocycles. The lowest BCUT2D eigenvalue weighted by Crippen LogP contribution is -2.48. The minimum Gasteiger partial charge on any atom is -0.315 e. The number of nitrogens with one attached hydrogen (secondary N) is 1. The maximum absolute atomic E-state index is 12.7. The average molecular weight is 404 g/mol. The summed E-state index contributed by atoms with van der Waals surface area (Å²) in [5.41, 5.74) is 1.16. The van der Waals surface area contributed by atoms with Gasteiger partial charge in [-0.05, 0) is 13.3 Å². The van der Waals surface area contributed by atoms with Crippen molar-refractivity contribution in [2.45, 2.75) is 30.7 Å². The van der Waals surface area contributed by atoms with Crippen LogP contribution in [0.1, 0.15) is 19.8 Å². The molecule has 1 aromatic heterocycles. The second-order valence-electron chi connectivity index (χ2n) is 6.60. The third kappa shape index (κ3) is 3.19. The number of rotatable bonds is 4. The van der Waals surface area contributed by atoms with Gasteiger partial charge in [0.2, 0.25) is 11.8 Å². The van der Waals surface area contributed by atoms with E-state index in [1.54, 1.807) is 34.2 Å². The van der Waals surface area contributed by atoms with Crippen molar-refractivity contribution in [1.82, 2.24) is 9.88 Å². The molecule has 2 aliphatic rings. The molecule has 0 spiro atoms. The first-order chi connectivity index (χ1) is 12.9. The number of hydrogen-bond donors (Lipinski definition) is 1. The number of hydrogen-bond acceptors (Lipinski definition) is 7. The number of anilines is 1. The van der Waals surface area contributed by atoms with E-state index in [1.807, 2.05) is 6.92 Å². The zero-order valence-electron chi connectivity index (χ0n) is 14.4. The van der Waals surface area contributed by atoms with Crippen LogP contribution in [-0.4, -0.2) is 43.3 Å². The van der Waals surface area contributed by atoms with Crippen LogP contribution < -0.4 is 5.32 Å². The lowest BCUT2D eigenvalue weighted by atomic mass is 10.1. The summed E-state index contributed by atoms with van der Waals surface area (Å²) < 4.78 is 0. The molecule has 140 valence electrons. The lowest BCUT2D eigenvalue weighted by molar-refractivity contribution is -0.384. The molecule has 2 amide bonds. The molecule has 2 aromatic rings. The Morgan fingerprint density at radius 2 is 2.30 bits per heavy atom. The van der Waals surface area contributed by atoms with Crippen LogP contribution in [-0.2, 0) is 9.59 Å². The molecule has 2 saturated heterocycles. The standard InChI is InChI=1S/C17H16N4O4S2/c1-17-6-5-14(22)20(17)13(9-27-17)15(23)19-16-18-12(8-26-16)10-3-2-4-11(7-10)21(24)25/h2-4,7-8,13H,5-6,9H2,1H3,(H,18,19,23). The predicted octanol–water partition coefficient (Wildman–Crippen LogP) is 3.11. The van der Waals surface area contributed by atoms with Gasteiger partial charge in [-0.1, -0.05) is 12.1 Å². The molecule has 0 radical (unpaired) electrons. The SMILES string of the molecule is CC12CCC(=O)N1C(C(=O)Nc1nc(-c3cccc([N+](=O)[O-])c3)cs1)CS2. The second kappa shape index (κ2) is 6.61. The fraction of sp³-hybridized carbons (Fsp3) is 0.353. The summed E-state index contributed by atoms with van der Waals surface area (Å²) in [5.74, 6) is 0.331. The molecule has 10 heteroatoms. The van der Waals surface area contributed by atoms with Crippen LogP contribution in [0.3, 0.4) is 0 Å². The Balaban J connectivity index is 1.50. The normalized spacial score (nSPS) is 24.1.